The molecule has 0 fully saturated rings. The van der Waals surface area contributed by atoms with Crippen molar-refractivity contribution in [2.45, 2.75) is 46.8 Å². The van der Waals surface area contributed by atoms with E-state index in [1.807, 2.05) is 46.8 Å². The molecule has 0 amide bonds. The number of benzene rings is 1. The van der Waals surface area contributed by atoms with Gasteiger partial charge in [-0.1, -0.05) is 50.1 Å². The van der Waals surface area contributed by atoms with E-state index in [2.05, 4.69) is 6.07 Å². The van der Waals surface area contributed by atoms with E-state index in [0.29, 0.717) is 0 Å². The first kappa shape index (κ1) is 16.4. The molecule has 0 spiro atoms. The molecule has 0 aliphatic rings. The minimum absolute atomic E-state index is 0. The van der Waals surface area contributed by atoms with E-state index in [0.717, 1.165) is 5.56 Å². The van der Waals surface area contributed by atoms with E-state index in [1.54, 1.807) is 0 Å². The summed E-state index contributed by atoms with van der Waals surface area (Å²) in [4.78, 5) is 0. The van der Waals surface area contributed by atoms with Crippen molar-refractivity contribution >= 4 is 12.4 Å². The highest BCUT2D eigenvalue weighted by molar-refractivity contribution is 5.85. The van der Waals surface area contributed by atoms with E-state index in [1.165, 1.54) is 11.1 Å². The van der Waals surface area contributed by atoms with Crippen molar-refractivity contribution in [3.05, 3.63) is 34.9 Å². The number of hydrogen-bond acceptors (Lipinski definition) is 2. The van der Waals surface area contributed by atoms with Crippen LogP contribution in [0.2, 0.25) is 0 Å². The fourth-order valence-electron chi connectivity index (χ4n) is 1.92. The highest BCUT2D eigenvalue weighted by Gasteiger charge is 2.29. The predicted octanol–water partition coefficient (Wildman–Crippen LogP) is 3.13. The third kappa shape index (κ3) is 4.30. The van der Waals surface area contributed by atoms with Crippen LogP contribution in [0.25, 0.3) is 0 Å². The molecule has 1 aromatic carbocycles. The molecule has 0 aromatic heterocycles. The molecule has 0 heterocycles. The van der Waals surface area contributed by atoms with Crippen LogP contribution in [0.1, 0.15) is 43.5 Å². The van der Waals surface area contributed by atoms with Crippen molar-refractivity contribution in [2.24, 2.45) is 11.1 Å². The maximum Gasteiger partial charge on any atom is 0.0780 e. The lowest BCUT2D eigenvalue weighted by molar-refractivity contribution is 0.0401. The Morgan fingerprint density at radius 1 is 1.06 bits per heavy atom. The van der Waals surface area contributed by atoms with Gasteiger partial charge in [-0.3, -0.25) is 0 Å². The van der Waals surface area contributed by atoms with E-state index in [-0.39, 0.29) is 23.9 Å². The smallest absolute Gasteiger partial charge is 0.0780 e. The highest BCUT2D eigenvalue weighted by atomic mass is 35.5. The van der Waals surface area contributed by atoms with E-state index < -0.39 is 6.10 Å². The van der Waals surface area contributed by atoms with Gasteiger partial charge in [0.25, 0.3) is 0 Å². The molecule has 0 unspecified atom stereocenters. The van der Waals surface area contributed by atoms with Crippen LogP contribution in [-0.2, 0) is 0 Å². The minimum Gasteiger partial charge on any atom is -0.391 e. The zero-order chi connectivity index (χ0) is 12.5. The van der Waals surface area contributed by atoms with Crippen LogP contribution in [0.4, 0.5) is 0 Å². The summed E-state index contributed by atoms with van der Waals surface area (Å²) in [5.74, 6) is 0. The number of hydrogen-bond donors (Lipinski definition) is 2. The Bertz CT molecular complexity index is 351. The first-order chi connectivity index (χ1) is 7.21. The lowest BCUT2D eigenvalue weighted by Gasteiger charge is -2.31. The normalized spacial score (nSPS) is 15.0. The predicted molar refractivity (Wildman–Crippen MR) is 75.6 cm³/mol. The summed E-state index contributed by atoms with van der Waals surface area (Å²) in [6.07, 6.45) is -0.534. The largest absolute Gasteiger partial charge is 0.391 e. The van der Waals surface area contributed by atoms with Gasteiger partial charge in [0.15, 0.2) is 0 Å². The average Bonchev–Trinajstić information content (AvgIpc) is 2.12. The van der Waals surface area contributed by atoms with Gasteiger partial charge in [-0.05, 0) is 24.8 Å². The molecule has 0 bridgehead atoms. The summed E-state index contributed by atoms with van der Waals surface area (Å²) in [7, 11) is 0. The lowest BCUT2D eigenvalue weighted by Crippen LogP contribution is -2.37. The highest BCUT2D eigenvalue weighted by Crippen LogP contribution is 2.29. The van der Waals surface area contributed by atoms with E-state index in [4.69, 9.17) is 5.73 Å². The number of aliphatic hydroxyl groups is 1. The molecule has 1 rings (SSSR count). The molecule has 17 heavy (non-hydrogen) atoms. The molecule has 3 N–H and O–H groups in total. The standard InChI is InChI=1S/C14H23NO.ClH/c1-9-6-10(2)8-11(7-9)12(15)13(16)14(3,4)5;/h6-8,12-13,16H,15H2,1-5H3;1H/t12-,13-;/m1./s1. The van der Waals surface area contributed by atoms with E-state index >= 15 is 0 Å². The van der Waals surface area contributed by atoms with Gasteiger partial charge in [0.05, 0.1) is 12.1 Å². The first-order valence-corrected chi connectivity index (χ1v) is 5.73. The molecule has 3 heteroatoms. The van der Waals surface area contributed by atoms with Crippen molar-refractivity contribution in [3.63, 3.8) is 0 Å². The number of aryl methyl sites for hydroxylation is 2. The van der Waals surface area contributed by atoms with Crippen LogP contribution in [0.5, 0.6) is 0 Å². The molecule has 0 saturated carbocycles. The average molecular weight is 258 g/mol. The third-order valence-electron chi connectivity index (χ3n) is 2.86. The molecule has 0 radical (unpaired) electrons. The molecule has 2 atom stereocenters. The SMILES string of the molecule is Cc1cc(C)cc([C@@H](N)[C@@H](O)C(C)(C)C)c1.Cl. The van der Waals surface area contributed by atoms with Crippen molar-refractivity contribution in [1.82, 2.24) is 0 Å². The molecular weight excluding hydrogens is 234 g/mol. The van der Waals surface area contributed by atoms with Gasteiger partial charge in [-0.25, -0.2) is 0 Å². The number of nitrogens with two attached hydrogens (primary N) is 1. The Morgan fingerprint density at radius 3 is 1.82 bits per heavy atom. The fourth-order valence-corrected chi connectivity index (χ4v) is 1.92. The van der Waals surface area contributed by atoms with Crippen LogP contribution >= 0.6 is 12.4 Å². The molecule has 2 nitrogen and oxygen atoms in total. The lowest BCUT2D eigenvalue weighted by atomic mass is 9.82. The number of halogens is 1. The van der Waals surface area contributed by atoms with Gasteiger partial charge in [0.2, 0.25) is 0 Å². The van der Waals surface area contributed by atoms with Crippen molar-refractivity contribution in [3.8, 4) is 0 Å². The van der Waals surface area contributed by atoms with Crippen molar-refractivity contribution in [2.75, 3.05) is 0 Å². The Morgan fingerprint density at radius 2 is 1.47 bits per heavy atom. The summed E-state index contributed by atoms with van der Waals surface area (Å²) in [5, 5.41) is 10.2. The maximum absolute atomic E-state index is 10.2. The van der Waals surface area contributed by atoms with Crippen molar-refractivity contribution in [1.29, 1.82) is 0 Å². The summed E-state index contributed by atoms with van der Waals surface area (Å²) >= 11 is 0. The topological polar surface area (TPSA) is 46.2 Å². The van der Waals surface area contributed by atoms with E-state index in [9.17, 15) is 5.11 Å². The zero-order valence-electron chi connectivity index (χ0n) is 11.3. The minimum atomic E-state index is -0.534. The second kappa shape index (κ2) is 5.85. The Labute approximate surface area is 111 Å². The van der Waals surface area contributed by atoms with Gasteiger partial charge in [0.1, 0.15) is 0 Å². The quantitative estimate of drug-likeness (QED) is 0.855. The van der Waals surface area contributed by atoms with Crippen molar-refractivity contribution < 1.29 is 5.11 Å². The third-order valence-corrected chi connectivity index (χ3v) is 2.86. The maximum atomic E-state index is 10.2. The fraction of sp³-hybridized carbons (Fsp3) is 0.571. The summed E-state index contributed by atoms with van der Waals surface area (Å²) in [6, 6.07) is 5.89. The van der Waals surface area contributed by atoms with Gasteiger partial charge in [0, 0.05) is 0 Å². The van der Waals surface area contributed by atoms with Crippen LogP contribution in [0, 0.1) is 19.3 Å². The molecule has 0 saturated heterocycles. The summed E-state index contributed by atoms with van der Waals surface area (Å²) < 4.78 is 0. The van der Waals surface area contributed by atoms with Crippen LogP contribution in [0.3, 0.4) is 0 Å². The van der Waals surface area contributed by atoms with Gasteiger partial charge in [-0.15, -0.1) is 12.4 Å². The van der Waals surface area contributed by atoms with Crippen LogP contribution < -0.4 is 5.73 Å². The molecule has 0 aliphatic heterocycles. The number of rotatable bonds is 2. The second-order valence-electron chi connectivity index (χ2n) is 5.76. The van der Waals surface area contributed by atoms with Crippen LogP contribution in [-0.4, -0.2) is 11.2 Å². The Hall–Kier alpha value is -0.570. The molecule has 0 aliphatic carbocycles. The van der Waals surface area contributed by atoms with Crippen LogP contribution in [0.15, 0.2) is 18.2 Å². The Kier molecular flexibility index (Phi) is 5.66. The van der Waals surface area contributed by atoms with Gasteiger partial charge in [-0.2, -0.15) is 0 Å². The zero-order valence-corrected chi connectivity index (χ0v) is 12.1. The second-order valence-corrected chi connectivity index (χ2v) is 5.76. The summed E-state index contributed by atoms with van der Waals surface area (Å²) in [6.45, 7) is 10.1. The first-order valence-electron chi connectivity index (χ1n) is 5.73. The Balaban J connectivity index is 0.00000256. The summed E-state index contributed by atoms with van der Waals surface area (Å²) in [5.41, 5.74) is 9.30. The molecule has 98 valence electrons. The monoisotopic (exact) mass is 257 g/mol. The van der Waals surface area contributed by atoms with Gasteiger partial charge >= 0.3 is 0 Å². The van der Waals surface area contributed by atoms with Gasteiger partial charge < -0.3 is 10.8 Å². The molecule has 1 aromatic rings. The number of aliphatic hydroxyl groups excluding tert-OH is 1. The molecular formula is C14H24ClNO.